The van der Waals surface area contributed by atoms with Crippen LogP contribution in [0.4, 0.5) is 0 Å². The highest BCUT2D eigenvalue weighted by molar-refractivity contribution is 7.45. The molecule has 0 aromatic carbocycles. The van der Waals surface area contributed by atoms with Crippen molar-refractivity contribution in [3.8, 4) is 0 Å². The van der Waals surface area contributed by atoms with Crippen molar-refractivity contribution in [1.82, 2.24) is 5.32 Å². The second-order valence-electron chi connectivity index (χ2n) is 22.8. The second-order valence-corrected chi connectivity index (χ2v) is 24.2. The van der Waals surface area contributed by atoms with Crippen LogP contribution in [0.15, 0.2) is 36.5 Å². The number of likely N-dealkylation sites (N-methyl/N-ethyl adjacent to an activating group) is 1. The molecule has 0 saturated carbocycles. The zero-order chi connectivity index (χ0) is 52.7. The maximum atomic E-state index is 13.0. The number of hydrogen-bond acceptors (Lipinski definition) is 6. The van der Waals surface area contributed by atoms with Gasteiger partial charge in [-0.3, -0.25) is 9.36 Å². The third-order valence-electron chi connectivity index (χ3n) is 14.3. The first-order chi connectivity index (χ1) is 35.0. The lowest BCUT2D eigenvalue weighted by atomic mass is 10.0. The van der Waals surface area contributed by atoms with E-state index in [4.69, 9.17) is 9.05 Å². The number of hydrogen-bond donors (Lipinski definition) is 2. The Morgan fingerprint density at radius 2 is 0.778 bits per heavy atom. The highest BCUT2D eigenvalue weighted by Gasteiger charge is 2.23. The number of amides is 1. The molecule has 0 rings (SSSR count). The molecule has 0 saturated heterocycles. The van der Waals surface area contributed by atoms with E-state index < -0.39 is 26.6 Å². The number of aliphatic hydroxyl groups is 1. The Balaban J connectivity index is 4.19. The lowest BCUT2D eigenvalue weighted by molar-refractivity contribution is -0.870. The number of nitrogens with one attached hydrogen (secondary N) is 1. The molecule has 0 aromatic heterocycles. The number of nitrogens with zero attached hydrogens (tertiary/aromatic N) is 1. The van der Waals surface area contributed by atoms with Gasteiger partial charge in [0, 0.05) is 6.42 Å². The molecule has 0 radical (unpaired) electrons. The van der Waals surface area contributed by atoms with Crippen LogP contribution in [0.5, 0.6) is 0 Å². The summed E-state index contributed by atoms with van der Waals surface area (Å²) in [6.07, 6.45) is 71.0. The van der Waals surface area contributed by atoms with Crippen LogP contribution in [-0.2, 0) is 18.4 Å². The highest BCUT2D eigenvalue weighted by atomic mass is 31.2. The molecule has 0 aliphatic carbocycles. The largest absolute Gasteiger partial charge is 0.756 e. The molecule has 0 aromatic rings. The Hall–Kier alpha value is -1.28. The van der Waals surface area contributed by atoms with Gasteiger partial charge in [0.25, 0.3) is 7.82 Å². The van der Waals surface area contributed by atoms with Crippen molar-refractivity contribution < 1.29 is 32.9 Å². The van der Waals surface area contributed by atoms with Gasteiger partial charge in [0.2, 0.25) is 5.91 Å². The van der Waals surface area contributed by atoms with Crippen LogP contribution in [0, 0.1) is 0 Å². The predicted octanol–water partition coefficient (Wildman–Crippen LogP) is 18.7. The van der Waals surface area contributed by atoms with Gasteiger partial charge in [-0.1, -0.05) is 281 Å². The summed E-state index contributed by atoms with van der Waals surface area (Å²) in [5.41, 5.74) is 0. The highest BCUT2D eigenvalue weighted by Crippen LogP contribution is 2.38. The molecule has 426 valence electrons. The number of carbonyl (C=O) groups excluding carboxylic acids is 1. The van der Waals surface area contributed by atoms with Crippen molar-refractivity contribution in [2.24, 2.45) is 0 Å². The predicted molar refractivity (Wildman–Crippen MR) is 311 cm³/mol. The van der Waals surface area contributed by atoms with Gasteiger partial charge in [-0.05, 0) is 57.8 Å². The average molecular weight is 1040 g/mol. The molecular weight excluding hydrogens is 912 g/mol. The van der Waals surface area contributed by atoms with Crippen molar-refractivity contribution in [2.75, 3.05) is 40.9 Å². The first-order valence-electron chi connectivity index (χ1n) is 31.4. The molecule has 8 nitrogen and oxygen atoms in total. The van der Waals surface area contributed by atoms with Crippen LogP contribution in [0.1, 0.15) is 309 Å². The van der Waals surface area contributed by atoms with E-state index in [0.29, 0.717) is 17.4 Å². The standard InChI is InChI=1S/C63H123N2O6P/c1-6-8-10-12-14-16-18-20-22-24-26-28-30-32-34-36-38-40-42-44-46-48-50-52-54-56-62(66)61(60-71-72(68,69)70-59-58-65(3,4)5)64-63(67)57-55-53-51-49-47-45-43-41-39-37-35-33-31-29-27-25-23-21-19-17-15-13-11-9-7-2/h33,35,46,48,54,56,61-62,66H,6-32,34,36-45,47,49-53,55,57-60H2,1-5H3,(H-,64,67,68,69)/b35-33-,48-46+,56-54+. The average Bonchev–Trinajstić information content (AvgIpc) is 3.34. The van der Waals surface area contributed by atoms with E-state index in [9.17, 15) is 19.4 Å². The van der Waals surface area contributed by atoms with Gasteiger partial charge < -0.3 is 28.8 Å². The van der Waals surface area contributed by atoms with Gasteiger partial charge in [-0.15, -0.1) is 0 Å². The van der Waals surface area contributed by atoms with Crippen LogP contribution < -0.4 is 10.2 Å². The Bertz CT molecular complexity index is 1270. The van der Waals surface area contributed by atoms with Gasteiger partial charge in [-0.25, -0.2) is 0 Å². The van der Waals surface area contributed by atoms with Crippen LogP contribution in [0.2, 0.25) is 0 Å². The summed E-state index contributed by atoms with van der Waals surface area (Å²) >= 11 is 0. The first-order valence-corrected chi connectivity index (χ1v) is 32.8. The lowest BCUT2D eigenvalue weighted by Gasteiger charge is -2.29. The second kappa shape index (κ2) is 54.5. The molecule has 2 N–H and O–H groups in total. The van der Waals surface area contributed by atoms with Crippen LogP contribution >= 0.6 is 7.82 Å². The maximum Gasteiger partial charge on any atom is 0.268 e. The van der Waals surface area contributed by atoms with E-state index in [0.717, 1.165) is 38.5 Å². The molecule has 1 amide bonds. The summed E-state index contributed by atoms with van der Waals surface area (Å²) in [5, 5.41) is 13.9. The van der Waals surface area contributed by atoms with Crippen LogP contribution in [-0.4, -0.2) is 68.5 Å². The Labute approximate surface area is 448 Å². The fourth-order valence-electron chi connectivity index (χ4n) is 9.40. The first kappa shape index (κ1) is 70.7. The molecule has 0 aliphatic heterocycles. The van der Waals surface area contributed by atoms with Crippen LogP contribution in [0.3, 0.4) is 0 Å². The smallest absolute Gasteiger partial charge is 0.268 e. The van der Waals surface area contributed by atoms with E-state index in [-0.39, 0.29) is 12.5 Å². The Morgan fingerprint density at radius 1 is 0.472 bits per heavy atom. The van der Waals surface area contributed by atoms with Crippen molar-refractivity contribution in [3.05, 3.63) is 36.5 Å². The minimum Gasteiger partial charge on any atom is -0.756 e. The van der Waals surface area contributed by atoms with Gasteiger partial charge in [0.05, 0.1) is 39.9 Å². The van der Waals surface area contributed by atoms with Gasteiger partial charge in [0.1, 0.15) is 13.2 Å². The van der Waals surface area contributed by atoms with Gasteiger partial charge in [-0.2, -0.15) is 0 Å². The fourth-order valence-corrected chi connectivity index (χ4v) is 10.1. The molecule has 0 aliphatic rings. The molecule has 3 atom stereocenters. The third kappa shape index (κ3) is 56.4. The molecule has 72 heavy (non-hydrogen) atoms. The third-order valence-corrected chi connectivity index (χ3v) is 15.3. The van der Waals surface area contributed by atoms with E-state index in [2.05, 4.69) is 43.5 Å². The summed E-state index contributed by atoms with van der Waals surface area (Å²) in [6.45, 7) is 4.67. The van der Waals surface area contributed by atoms with Gasteiger partial charge >= 0.3 is 0 Å². The molecule has 0 bridgehead atoms. The summed E-state index contributed by atoms with van der Waals surface area (Å²) < 4.78 is 23.4. The monoisotopic (exact) mass is 1030 g/mol. The summed E-state index contributed by atoms with van der Waals surface area (Å²) in [5.74, 6) is -0.205. The van der Waals surface area contributed by atoms with Crippen molar-refractivity contribution in [3.63, 3.8) is 0 Å². The summed E-state index contributed by atoms with van der Waals surface area (Å²) in [7, 11) is 1.25. The molecule has 3 unspecified atom stereocenters. The van der Waals surface area contributed by atoms with E-state index in [1.807, 2.05) is 27.2 Å². The molecular formula is C63H123N2O6P. The molecule has 9 heteroatoms. The SMILES string of the molecule is CCCCCCCCCCCCCC/C=C\CCCCCCCCCCCC(=O)NC(COP(=O)([O-])OCC[N+](C)(C)C)C(O)/C=C/CC/C=C/CCCCCCCCCCCCCCCCCCCCC. The number of quaternary nitrogens is 1. The lowest BCUT2D eigenvalue weighted by Crippen LogP contribution is -2.45. The number of rotatable bonds is 58. The number of aliphatic hydroxyl groups excluding tert-OH is 1. The number of unbranched alkanes of at least 4 members (excludes halogenated alkanes) is 41. The Kier molecular flexibility index (Phi) is 53.5. The number of phosphoric acid groups is 1. The minimum absolute atomic E-state index is 0.00593. The normalized spacial score (nSPS) is 14.0. The van der Waals surface area contributed by atoms with Crippen molar-refractivity contribution in [1.29, 1.82) is 0 Å². The van der Waals surface area contributed by atoms with E-state index in [1.165, 1.54) is 250 Å². The zero-order valence-corrected chi connectivity index (χ0v) is 49.5. The van der Waals surface area contributed by atoms with E-state index in [1.54, 1.807) is 6.08 Å². The summed E-state index contributed by atoms with van der Waals surface area (Å²) in [6, 6.07) is -0.905. The quantitative estimate of drug-likeness (QED) is 0.0272. The van der Waals surface area contributed by atoms with Crippen molar-refractivity contribution in [2.45, 2.75) is 321 Å². The van der Waals surface area contributed by atoms with E-state index >= 15 is 0 Å². The number of allylic oxidation sites excluding steroid dienone is 5. The summed E-state index contributed by atoms with van der Waals surface area (Å²) in [4.78, 5) is 25.5. The number of phosphoric ester groups is 1. The Morgan fingerprint density at radius 3 is 1.12 bits per heavy atom. The van der Waals surface area contributed by atoms with Crippen molar-refractivity contribution >= 4 is 13.7 Å². The zero-order valence-electron chi connectivity index (χ0n) is 48.6. The minimum atomic E-state index is -4.61. The maximum absolute atomic E-state index is 13.0. The fraction of sp³-hybridized carbons (Fsp3) is 0.889. The topological polar surface area (TPSA) is 108 Å². The molecule has 0 spiro atoms. The molecule has 0 fully saturated rings. The number of carbonyl (C=O) groups is 1. The van der Waals surface area contributed by atoms with Crippen LogP contribution in [0.25, 0.3) is 0 Å². The van der Waals surface area contributed by atoms with Gasteiger partial charge in [0.15, 0.2) is 0 Å². The molecule has 0 heterocycles.